The number of benzene rings is 3. The molecule has 3 aromatic rings. The Morgan fingerprint density at radius 1 is 1.03 bits per heavy atom. The molecule has 4 rings (SSSR count). The summed E-state index contributed by atoms with van der Waals surface area (Å²) >= 11 is 6.02. The molecular weight excluding hydrogens is 400 g/mol. The number of methoxy groups -OCH3 is 1. The zero-order valence-electron chi connectivity index (χ0n) is 16.4. The second-order valence-electron chi connectivity index (χ2n) is 6.99. The summed E-state index contributed by atoms with van der Waals surface area (Å²) in [5, 5.41) is 0.556. The van der Waals surface area contributed by atoms with Crippen LogP contribution < -0.4 is 9.47 Å². The Kier molecular flexibility index (Phi) is 5.68. The van der Waals surface area contributed by atoms with Gasteiger partial charge in [-0.05, 0) is 65.7 Å². The lowest BCUT2D eigenvalue weighted by Gasteiger charge is -2.07. The monoisotopic (exact) mass is 418 g/mol. The normalized spacial score (nSPS) is 13.9. The maximum atomic E-state index is 12.6. The predicted molar refractivity (Wildman–Crippen MR) is 117 cm³/mol. The number of carbonyl (C=O) groups excluding carboxylic acids is 2. The molecule has 4 nitrogen and oxygen atoms in total. The summed E-state index contributed by atoms with van der Waals surface area (Å²) in [4.78, 5) is 25.0. The van der Waals surface area contributed by atoms with Crippen molar-refractivity contribution >= 4 is 29.2 Å². The summed E-state index contributed by atoms with van der Waals surface area (Å²) < 4.78 is 10.8. The predicted octanol–water partition coefficient (Wildman–Crippen LogP) is 5.43. The summed E-state index contributed by atoms with van der Waals surface area (Å²) in [6.45, 7) is -0.0742. The number of Topliss-reactive ketones (excluding diaryl/α,β-unsaturated/α-hetero) is 2. The first kappa shape index (κ1) is 19.9. The van der Waals surface area contributed by atoms with Gasteiger partial charge in [0.15, 0.2) is 18.2 Å². The molecule has 0 fully saturated rings. The van der Waals surface area contributed by atoms with Crippen LogP contribution in [0.5, 0.6) is 11.5 Å². The van der Waals surface area contributed by atoms with Gasteiger partial charge in [-0.2, -0.15) is 0 Å². The minimum Gasteiger partial charge on any atom is -0.497 e. The molecule has 5 heteroatoms. The first-order valence-electron chi connectivity index (χ1n) is 9.47. The number of ether oxygens (including phenoxy) is 2. The highest BCUT2D eigenvalue weighted by Gasteiger charge is 2.24. The first-order valence-corrected chi connectivity index (χ1v) is 9.85. The van der Waals surface area contributed by atoms with Gasteiger partial charge in [0.25, 0.3) is 0 Å². The van der Waals surface area contributed by atoms with Crippen LogP contribution in [0.25, 0.3) is 6.08 Å². The third-order valence-electron chi connectivity index (χ3n) is 4.97. The van der Waals surface area contributed by atoms with Crippen molar-refractivity contribution in [2.45, 2.75) is 6.42 Å². The molecule has 0 spiro atoms. The van der Waals surface area contributed by atoms with Crippen LogP contribution in [0.15, 0.2) is 72.3 Å². The number of rotatable bonds is 6. The fourth-order valence-corrected chi connectivity index (χ4v) is 3.57. The van der Waals surface area contributed by atoms with Gasteiger partial charge >= 0.3 is 0 Å². The topological polar surface area (TPSA) is 52.6 Å². The molecule has 0 amide bonds. The summed E-state index contributed by atoms with van der Waals surface area (Å²) in [7, 11) is 1.58. The Morgan fingerprint density at radius 3 is 2.60 bits per heavy atom. The quantitative estimate of drug-likeness (QED) is 0.395. The van der Waals surface area contributed by atoms with E-state index in [1.54, 1.807) is 49.6 Å². The van der Waals surface area contributed by atoms with E-state index < -0.39 is 0 Å². The third-order valence-corrected chi connectivity index (χ3v) is 5.21. The van der Waals surface area contributed by atoms with Gasteiger partial charge in [-0.15, -0.1) is 0 Å². The zero-order chi connectivity index (χ0) is 21.1. The van der Waals surface area contributed by atoms with Gasteiger partial charge in [0, 0.05) is 28.1 Å². The number of hydrogen-bond acceptors (Lipinski definition) is 4. The molecule has 3 aromatic carbocycles. The number of hydrogen-bond donors (Lipinski definition) is 0. The van der Waals surface area contributed by atoms with E-state index in [0.717, 1.165) is 11.1 Å². The number of halogens is 1. The smallest absolute Gasteiger partial charge is 0.200 e. The molecule has 0 N–H and O–H groups in total. The largest absolute Gasteiger partial charge is 0.497 e. The van der Waals surface area contributed by atoms with Gasteiger partial charge in [-0.25, -0.2) is 0 Å². The summed E-state index contributed by atoms with van der Waals surface area (Å²) in [5.74, 6) is 1.13. The molecule has 0 bridgehead atoms. The zero-order valence-corrected chi connectivity index (χ0v) is 17.1. The second kappa shape index (κ2) is 8.56. The van der Waals surface area contributed by atoms with E-state index in [1.807, 2.05) is 30.3 Å². The third kappa shape index (κ3) is 4.29. The fraction of sp³-hybridized carbons (Fsp3) is 0.120. The molecule has 0 unspecified atom stereocenters. The van der Waals surface area contributed by atoms with Gasteiger partial charge in [0.2, 0.25) is 0 Å². The average Bonchev–Trinajstić information content (AvgIpc) is 3.07. The van der Waals surface area contributed by atoms with E-state index >= 15 is 0 Å². The number of ketones is 2. The highest BCUT2D eigenvalue weighted by molar-refractivity contribution is 6.31. The van der Waals surface area contributed by atoms with Crippen LogP contribution in [-0.4, -0.2) is 25.3 Å². The Bertz CT molecular complexity index is 1150. The van der Waals surface area contributed by atoms with Crippen LogP contribution in [0.1, 0.15) is 31.8 Å². The van der Waals surface area contributed by atoms with Crippen LogP contribution >= 0.6 is 11.6 Å². The van der Waals surface area contributed by atoms with Crippen LogP contribution in [0.3, 0.4) is 0 Å². The van der Waals surface area contributed by atoms with Crippen molar-refractivity contribution in [1.82, 2.24) is 0 Å². The Hall–Kier alpha value is -3.37. The first-order chi connectivity index (χ1) is 14.5. The lowest BCUT2D eigenvalue weighted by Crippen LogP contribution is -2.11. The molecule has 0 aliphatic heterocycles. The summed E-state index contributed by atoms with van der Waals surface area (Å²) in [5.41, 5.74) is 3.74. The van der Waals surface area contributed by atoms with Crippen molar-refractivity contribution in [2.24, 2.45) is 0 Å². The maximum absolute atomic E-state index is 12.6. The Balaban J connectivity index is 1.45. The van der Waals surface area contributed by atoms with Gasteiger partial charge in [0.1, 0.15) is 11.5 Å². The van der Waals surface area contributed by atoms with E-state index in [9.17, 15) is 9.59 Å². The van der Waals surface area contributed by atoms with Gasteiger partial charge in [0.05, 0.1) is 7.11 Å². The summed E-state index contributed by atoms with van der Waals surface area (Å²) in [6.07, 6.45) is 2.43. The van der Waals surface area contributed by atoms with Crippen molar-refractivity contribution in [1.29, 1.82) is 0 Å². The van der Waals surface area contributed by atoms with Gasteiger partial charge in [-0.1, -0.05) is 29.8 Å². The standard InChI is InChI=1S/C25H19ClO4/c1-29-21-9-6-17(7-10-21)24(27)15-30-22-4-2-3-16(12-22)11-19-13-18-5-8-20(26)14-23(18)25(19)28/h2-12,14H,13,15H2,1H3/b19-11+. The highest BCUT2D eigenvalue weighted by Crippen LogP contribution is 2.30. The molecular formula is C25H19ClO4. The van der Waals surface area contributed by atoms with Crippen LogP contribution in [0, 0.1) is 0 Å². The Morgan fingerprint density at radius 2 is 1.83 bits per heavy atom. The Labute approximate surface area is 179 Å². The molecule has 1 aliphatic carbocycles. The SMILES string of the molecule is COc1ccc(C(=O)COc2cccc(/C=C3\Cc4ccc(Cl)cc4C3=O)c2)cc1. The molecule has 0 saturated heterocycles. The van der Waals surface area contributed by atoms with Crippen LogP contribution in [0.2, 0.25) is 5.02 Å². The number of carbonyl (C=O) groups is 2. The van der Waals surface area contributed by atoms with E-state index in [0.29, 0.717) is 39.6 Å². The van der Waals surface area contributed by atoms with E-state index in [1.165, 1.54) is 0 Å². The number of allylic oxidation sites excluding steroid dienone is 1. The van der Waals surface area contributed by atoms with Crippen LogP contribution in [-0.2, 0) is 6.42 Å². The van der Waals surface area contributed by atoms with Crippen molar-refractivity contribution < 1.29 is 19.1 Å². The van der Waals surface area contributed by atoms with E-state index in [4.69, 9.17) is 21.1 Å². The van der Waals surface area contributed by atoms with E-state index in [-0.39, 0.29) is 18.2 Å². The molecule has 0 heterocycles. The van der Waals surface area contributed by atoms with Crippen molar-refractivity contribution in [3.8, 4) is 11.5 Å². The van der Waals surface area contributed by atoms with Gasteiger partial charge < -0.3 is 9.47 Å². The molecule has 30 heavy (non-hydrogen) atoms. The molecule has 0 atom stereocenters. The van der Waals surface area contributed by atoms with E-state index in [2.05, 4.69) is 0 Å². The molecule has 1 aliphatic rings. The lowest BCUT2D eigenvalue weighted by atomic mass is 10.1. The second-order valence-corrected chi connectivity index (χ2v) is 7.43. The van der Waals surface area contributed by atoms with Crippen molar-refractivity contribution in [3.63, 3.8) is 0 Å². The van der Waals surface area contributed by atoms with Crippen molar-refractivity contribution in [3.05, 3.63) is 99.6 Å². The summed E-state index contributed by atoms with van der Waals surface area (Å²) in [6, 6.07) is 19.6. The fourth-order valence-electron chi connectivity index (χ4n) is 3.39. The van der Waals surface area contributed by atoms with Crippen LogP contribution in [0.4, 0.5) is 0 Å². The molecule has 150 valence electrons. The minimum absolute atomic E-state index is 0.00601. The highest BCUT2D eigenvalue weighted by atomic mass is 35.5. The molecule has 0 radical (unpaired) electrons. The maximum Gasteiger partial charge on any atom is 0.200 e. The molecule has 0 saturated carbocycles. The minimum atomic E-state index is -0.125. The number of fused-ring (bicyclic) bond motifs is 1. The molecule has 0 aromatic heterocycles. The lowest BCUT2D eigenvalue weighted by molar-refractivity contribution is 0.0921. The average molecular weight is 419 g/mol. The van der Waals surface area contributed by atoms with Crippen molar-refractivity contribution in [2.75, 3.05) is 13.7 Å². The van der Waals surface area contributed by atoms with Gasteiger partial charge in [-0.3, -0.25) is 9.59 Å².